The lowest BCUT2D eigenvalue weighted by atomic mass is 10.2. The van der Waals surface area contributed by atoms with E-state index in [1.807, 2.05) is 30.3 Å². The van der Waals surface area contributed by atoms with E-state index in [2.05, 4.69) is 5.32 Å². The van der Waals surface area contributed by atoms with Crippen LogP contribution in [0.3, 0.4) is 0 Å². The summed E-state index contributed by atoms with van der Waals surface area (Å²) in [6.45, 7) is 2.83. The van der Waals surface area contributed by atoms with Crippen molar-refractivity contribution in [1.29, 1.82) is 0 Å². The lowest BCUT2D eigenvalue weighted by Crippen LogP contribution is -2.39. The minimum atomic E-state index is -3.86. The van der Waals surface area contributed by atoms with Gasteiger partial charge in [-0.2, -0.15) is 4.31 Å². The normalized spacial score (nSPS) is 12.8. The van der Waals surface area contributed by atoms with Crippen molar-refractivity contribution in [2.75, 3.05) is 13.6 Å². The highest BCUT2D eigenvalue weighted by atomic mass is 32.2. The number of amides is 1. The Morgan fingerprint density at radius 3 is 2.38 bits per heavy atom. The highest BCUT2D eigenvalue weighted by Crippen LogP contribution is 2.23. The monoisotopic (exact) mass is 414 g/mol. The maximum Gasteiger partial charge on any atom is 0.243 e. The van der Waals surface area contributed by atoms with Crippen LogP contribution in [0, 0.1) is 0 Å². The van der Waals surface area contributed by atoms with Crippen LogP contribution >= 0.6 is 0 Å². The third-order valence-electron chi connectivity index (χ3n) is 4.58. The maximum atomic E-state index is 12.7. The number of hydrogen-bond donors (Lipinski definition) is 1. The largest absolute Gasteiger partial charge is 0.459 e. The predicted molar refractivity (Wildman–Crippen MR) is 109 cm³/mol. The lowest BCUT2D eigenvalue weighted by Gasteiger charge is -2.18. The van der Waals surface area contributed by atoms with Crippen molar-refractivity contribution < 1.29 is 22.4 Å². The SMILES string of the molecule is CC(=O)c1ccc(S(=O)(=O)N(C)CC(=O)N[C@@H](C)c2cc3ccccc3o2)cc1. The minimum absolute atomic E-state index is 0.0168. The molecule has 3 rings (SSSR count). The third kappa shape index (κ3) is 4.55. The average Bonchev–Trinajstić information content (AvgIpc) is 3.12. The maximum absolute atomic E-state index is 12.7. The van der Waals surface area contributed by atoms with E-state index in [0.717, 1.165) is 15.3 Å². The molecule has 0 aliphatic rings. The van der Waals surface area contributed by atoms with Crippen LogP contribution in [0.2, 0.25) is 0 Å². The highest BCUT2D eigenvalue weighted by Gasteiger charge is 2.24. The Morgan fingerprint density at radius 2 is 1.76 bits per heavy atom. The number of rotatable bonds is 7. The first-order valence-electron chi connectivity index (χ1n) is 9.03. The molecule has 0 fully saturated rings. The molecule has 0 bridgehead atoms. The van der Waals surface area contributed by atoms with Gasteiger partial charge in [0.15, 0.2) is 5.78 Å². The number of likely N-dealkylation sites (N-methyl/N-ethyl adjacent to an activating group) is 1. The van der Waals surface area contributed by atoms with E-state index in [1.165, 1.54) is 38.2 Å². The molecule has 1 amide bonds. The molecule has 0 saturated carbocycles. The van der Waals surface area contributed by atoms with Gasteiger partial charge in [0.2, 0.25) is 15.9 Å². The quantitative estimate of drug-likeness (QED) is 0.599. The van der Waals surface area contributed by atoms with Crippen molar-refractivity contribution >= 4 is 32.7 Å². The molecule has 7 nitrogen and oxygen atoms in total. The first-order chi connectivity index (χ1) is 13.7. The molecule has 0 aliphatic carbocycles. The smallest absolute Gasteiger partial charge is 0.243 e. The van der Waals surface area contributed by atoms with E-state index in [-0.39, 0.29) is 17.2 Å². The van der Waals surface area contributed by atoms with Crippen molar-refractivity contribution in [3.05, 3.63) is 65.9 Å². The van der Waals surface area contributed by atoms with E-state index >= 15 is 0 Å². The van der Waals surface area contributed by atoms with Crippen LogP contribution in [-0.2, 0) is 14.8 Å². The van der Waals surface area contributed by atoms with Gasteiger partial charge in [-0.25, -0.2) is 8.42 Å². The van der Waals surface area contributed by atoms with Gasteiger partial charge in [-0.1, -0.05) is 30.3 Å². The van der Waals surface area contributed by atoms with E-state index < -0.39 is 22.0 Å². The molecule has 0 radical (unpaired) electrons. The fourth-order valence-electron chi connectivity index (χ4n) is 2.90. The van der Waals surface area contributed by atoms with Gasteiger partial charge in [-0.3, -0.25) is 9.59 Å². The van der Waals surface area contributed by atoms with Crippen LogP contribution < -0.4 is 5.32 Å². The Labute approximate surface area is 169 Å². The number of fused-ring (bicyclic) bond motifs is 1. The number of nitrogens with zero attached hydrogens (tertiary/aromatic N) is 1. The molecule has 1 aromatic heterocycles. The number of sulfonamides is 1. The van der Waals surface area contributed by atoms with Crippen molar-refractivity contribution in [3.63, 3.8) is 0 Å². The summed E-state index contributed by atoms with van der Waals surface area (Å²) in [5, 5.41) is 3.68. The second kappa shape index (κ2) is 8.18. The van der Waals surface area contributed by atoms with Gasteiger partial charge in [0.25, 0.3) is 0 Å². The number of ketones is 1. The molecule has 8 heteroatoms. The number of para-hydroxylation sites is 1. The van der Waals surface area contributed by atoms with Gasteiger partial charge in [0.1, 0.15) is 11.3 Å². The minimum Gasteiger partial charge on any atom is -0.459 e. The van der Waals surface area contributed by atoms with Crippen molar-refractivity contribution in [3.8, 4) is 0 Å². The number of nitrogens with one attached hydrogen (secondary N) is 1. The molecule has 0 spiro atoms. The number of benzene rings is 2. The summed E-state index contributed by atoms with van der Waals surface area (Å²) in [5.74, 6) is -0.0180. The zero-order valence-corrected chi connectivity index (χ0v) is 17.2. The van der Waals surface area contributed by atoms with Crippen molar-refractivity contribution in [2.45, 2.75) is 24.8 Å². The molecule has 2 aromatic carbocycles. The van der Waals surface area contributed by atoms with Gasteiger partial charge in [-0.15, -0.1) is 0 Å². The molecule has 1 N–H and O–H groups in total. The molecule has 1 heterocycles. The van der Waals surface area contributed by atoms with Gasteiger partial charge in [0, 0.05) is 18.0 Å². The lowest BCUT2D eigenvalue weighted by molar-refractivity contribution is -0.121. The van der Waals surface area contributed by atoms with Crippen molar-refractivity contribution in [2.24, 2.45) is 0 Å². The second-order valence-electron chi connectivity index (χ2n) is 6.82. The number of furan rings is 1. The molecular weight excluding hydrogens is 392 g/mol. The number of carbonyl (C=O) groups excluding carboxylic acids is 2. The van der Waals surface area contributed by atoms with E-state index in [0.29, 0.717) is 11.3 Å². The van der Waals surface area contributed by atoms with Gasteiger partial charge in [-0.05, 0) is 38.1 Å². The Morgan fingerprint density at radius 1 is 1.10 bits per heavy atom. The van der Waals surface area contributed by atoms with Crippen LogP contribution in [0.1, 0.15) is 36.0 Å². The van der Waals surface area contributed by atoms with Crippen LogP contribution in [0.25, 0.3) is 11.0 Å². The summed E-state index contributed by atoms with van der Waals surface area (Å²) < 4.78 is 32.0. The van der Waals surface area contributed by atoms with Crippen LogP contribution in [-0.4, -0.2) is 38.0 Å². The Hall–Kier alpha value is -2.97. The molecule has 0 unspecified atom stereocenters. The summed E-state index contributed by atoms with van der Waals surface area (Å²) in [5.41, 5.74) is 1.14. The van der Waals surface area contributed by atoms with Gasteiger partial charge < -0.3 is 9.73 Å². The number of Topliss-reactive ketones (excluding diaryl/α,β-unsaturated/α-hetero) is 1. The van der Waals surface area contributed by atoms with E-state index in [4.69, 9.17) is 4.42 Å². The second-order valence-corrected chi connectivity index (χ2v) is 8.86. The standard InChI is InChI=1S/C21H22N2O5S/c1-14(20-12-17-6-4-5-7-19(17)28-20)22-21(25)13-23(3)29(26,27)18-10-8-16(9-11-18)15(2)24/h4-12,14H,13H2,1-3H3,(H,22,25)/t14-/m0/s1. The number of hydrogen-bond acceptors (Lipinski definition) is 5. The molecule has 3 aromatic rings. The first kappa shape index (κ1) is 20.8. The van der Waals surface area contributed by atoms with Crippen LogP contribution in [0.4, 0.5) is 0 Å². The molecule has 29 heavy (non-hydrogen) atoms. The Kier molecular flexibility index (Phi) is 5.86. The molecule has 1 atom stereocenters. The third-order valence-corrected chi connectivity index (χ3v) is 6.40. The first-order valence-corrected chi connectivity index (χ1v) is 10.5. The topological polar surface area (TPSA) is 96.7 Å². The summed E-state index contributed by atoms with van der Waals surface area (Å²) in [6, 6.07) is 14.6. The number of carbonyl (C=O) groups is 2. The predicted octanol–water partition coefficient (Wildman–Crippen LogP) is 3.13. The fourth-order valence-corrected chi connectivity index (χ4v) is 4.03. The van der Waals surface area contributed by atoms with E-state index in [1.54, 1.807) is 6.92 Å². The van der Waals surface area contributed by atoms with Crippen LogP contribution in [0.15, 0.2) is 63.9 Å². The van der Waals surface area contributed by atoms with Crippen LogP contribution in [0.5, 0.6) is 0 Å². The zero-order valence-electron chi connectivity index (χ0n) is 16.4. The Bertz CT molecular complexity index is 1120. The molecule has 0 aliphatic heterocycles. The molecule has 152 valence electrons. The fraction of sp³-hybridized carbons (Fsp3) is 0.238. The molecule has 0 saturated heterocycles. The summed E-state index contributed by atoms with van der Waals surface area (Å²) in [7, 11) is -2.53. The zero-order chi connectivity index (χ0) is 21.2. The Balaban J connectivity index is 1.66. The summed E-state index contributed by atoms with van der Waals surface area (Å²) in [6.07, 6.45) is 0. The van der Waals surface area contributed by atoms with E-state index in [9.17, 15) is 18.0 Å². The molecular formula is C21H22N2O5S. The van der Waals surface area contributed by atoms with Gasteiger partial charge in [0.05, 0.1) is 17.5 Å². The van der Waals surface area contributed by atoms with Gasteiger partial charge >= 0.3 is 0 Å². The average molecular weight is 414 g/mol. The summed E-state index contributed by atoms with van der Waals surface area (Å²) in [4.78, 5) is 23.7. The highest BCUT2D eigenvalue weighted by molar-refractivity contribution is 7.89. The van der Waals surface area contributed by atoms with Crippen molar-refractivity contribution in [1.82, 2.24) is 9.62 Å². The summed E-state index contributed by atoms with van der Waals surface area (Å²) >= 11 is 0.